The van der Waals surface area contributed by atoms with Gasteiger partial charge in [0.15, 0.2) is 11.5 Å². The second-order valence-corrected chi connectivity index (χ2v) is 5.61. The summed E-state index contributed by atoms with van der Waals surface area (Å²) in [5, 5.41) is 15.2. The third-order valence-electron chi connectivity index (χ3n) is 4.08. The Morgan fingerprint density at radius 2 is 1.85 bits per heavy atom. The summed E-state index contributed by atoms with van der Waals surface area (Å²) in [6, 6.07) is 12.4. The van der Waals surface area contributed by atoms with Crippen molar-refractivity contribution in [3.8, 4) is 11.5 Å². The van der Waals surface area contributed by atoms with Gasteiger partial charge in [-0.25, -0.2) is 9.59 Å². The Morgan fingerprint density at radius 3 is 2.50 bits per heavy atom. The highest BCUT2D eigenvalue weighted by molar-refractivity contribution is 6.04. The van der Waals surface area contributed by atoms with E-state index in [4.69, 9.17) is 9.47 Å². The molecule has 0 aliphatic carbocycles. The monoisotopic (exact) mass is 354 g/mol. The zero-order valence-electron chi connectivity index (χ0n) is 14.3. The molecule has 0 bridgehead atoms. The number of urea groups is 1. The lowest BCUT2D eigenvalue weighted by Crippen LogP contribution is -2.45. The molecule has 0 spiro atoms. The van der Waals surface area contributed by atoms with E-state index in [0.29, 0.717) is 16.8 Å². The van der Waals surface area contributed by atoms with E-state index in [1.54, 1.807) is 24.3 Å². The number of methoxy groups -OCH3 is 2. The van der Waals surface area contributed by atoms with E-state index in [1.807, 2.05) is 18.2 Å². The SMILES string of the molecule is COC(=O)C1=C(c2ccccc2)NC(=O)NC1c1ccc(O)c(OC)c1. The molecule has 2 aromatic rings. The first-order chi connectivity index (χ1) is 12.5. The third kappa shape index (κ3) is 3.19. The molecule has 0 saturated heterocycles. The molecule has 1 aliphatic heterocycles. The van der Waals surface area contributed by atoms with Crippen molar-refractivity contribution < 1.29 is 24.2 Å². The maximum Gasteiger partial charge on any atom is 0.338 e. The van der Waals surface area contributed by atoms with Gasteiger partial charge >= 0.3 is 12.0 Å². The number of phenolic OH excluding ortho intramolecular Hbond substituents is 1. The van der Waals surface area contributed by atoms with E-state index in [9.17, 15) is 14.7 Å². The average molecular weight is 354 g/mol. The van der Waals surface area contributed by atoms with Gasteiger partial charge in [-0.15, -0.1) is 0 Å². The van der Waals surface area contributed by atoms with E-state index < -0.39 is 18.0 Å². The topological polar surface area (TPSA) is 96.9 Å². The highest BCUT2D eigenvalue weighted by Crippen LogP contribution is 2.35. The summed E-state index contributed by atoms with van der Waals surface area (Å²) >= 11 is 0. The van der Waals surface area contributed by atoms with Crippen LogP contribution in [0.15, 0.2) is 54.1 Å². The first-order valence-corrected chi connectivity index (χ1v) is 7.87. The molecule has 0 saturated carbocycles. The largest absolute Gasteiger partial charge is 0.504 e. The average Bonchev–Trinajstić information content (AvgIpc) is 2.67. The number of phenols is 1. The summed E-state index contributed by atoms with van der Waals surface area (Å²) < 4.78 is 10.1. The summed E-state index contributed by atoms with van der Waals surface area (Å²) in [6.45, 7) is 0. The minimum Gasteiger partial charge on any atom is -0.504 e. The van der Waals surface area contributed by atoms with Gasteiger partial charge in [0.2, 0.25) is 0 Å². The lowest BCUT2D eigenvalue weighted by Gasteiger charge is -2.29. The molecule has 1 aliphatic rings. The molecular formula is C19H18N2O5. The van der Waals surface area contributed by atoms with Crippen LogP contribution in [0.1, 0.15) is 17.2 Å². The van der Waals surface area contributed by atoms with Gasteiger partial charge in [0, 0.05) is 0 Å². The molecule has 7 nitrogen and oxygen atoms in total. The smallest absolute Gasteiger partial charge is 0.338 e. The van der Waals surface area contributed by atoms with Crippen LogP contribution in [0.5, 0.6) is 11.5 Å². The van der Waals surface area contributed by atoms with E-state index in [1.165, 1.54) is 20.3 Å². The van der Waals surface area contributed by atoms with Gasteiger partial charge in [-0.05, 0) is 23.3 Å². The van der Waals surface area contributed by atoms with Crippen molar-refractivity contribution >= 4 is 17.7 Å². The van der Waals surface area contributed by atoms with Crippen molar-refractivity contribution in [2.24, 2.45) is 0 Å². The molecule has 0 aromatic heterocycles. The molecular weight excluding hydrogens is 336 g/mol. The van der Waals surface area contributed by atoms with Gasteiger partial charge in [-0.3, -0.25) is 0 Å². The summed E-state index contributed by atoms with van der Waals surface area (Å²) in [7, 11) is 2.70. The number of nitrogens with one attached hydrogen (secondary N) is 2. The Kier molecular flexibility index (Phi) is 4.79. The van der Waals surface area contributed by atoms with Crippen LogP contribution >= 0.6 is 0 Å². The molecule has 1 unspecified atom stereocenters. The highest BCUT2D eigenvalue weighted by Gasteiger charge is 2.34. The van der Waals surface area contributed by atoms with Crippen LogP contribution in [0.25, 0.3) is 5.70 Å². The lowest BCUT2D eigenvalue weighted by atomic mass is 9.92. The first-order valence-electron chi connectivity index (χ1n) is 7.87. The Bertz CT molecular complexity index is 877. The second-order valence-electron chi connectivity index (χ2n) is 5.61. The Hall–Kier alpha value is -3.48. The number of aromatic hydroxyl groups is 1. The number of benzene rings is 2. The Balaban J connectivity index is 2.19. The number of esters is 1. The summed E-state index contributed by atoms with van der Waals surface area (Å²) in [4.78, 5) is 24.7. The number of amides is 2. The number of carbonyl (C=O) groups excluding carboxylic acids is 2. The number of hydrogen-bond acceptors (Lipinski definition) is 5. The molecule has 26 heavy (non-hydrogen) atoms. The molecule has 2 amide bonds. The van der Waals surface area contributed by atoms with E-state index in [-0.39, 0.29) is 17.1 Å². The number of rotatable bonds is 4. The summed E-state index contributed by atoms with van der Waals surface area (Å²) in [6.07, 6.45) is 0. The minimum absolute atomic E-state index is 0.0385. The van der Waals surface area contributed by atoms with Gasteiger partial charge in [0.25, 0.3) is 0 Å². The van der Waals surface area contributed by atoms with Crippen LogP contribution < -0.4 is 15.4 Å². The fourth-order valence-corrected chi connectivity index (χ4v) is 2.85. The van der Waals surface area contributed by atoms with Crippen LogP contribution in [-0.2, 0) is 9.53 Å². The van der Waals surface area contributed by atoms with Crippen molar-refractivity contribution in [1.29, 1.82) is 0 Å². The van der Waals surface area contributed by atoms with Crippen LogP contribution in [0.3, 0.4) is 0 Å². The second kappa shape index (κ2) is 7.18. The normalized spacial score (nSPS) is 16.5. The van der Waals surface area contributed by atoms with Crippen molar-refractivity contribution in [3.05, 3.63) is 65.2 Å². The van der Waals surface area contributed by atoms with E-state index in [0.717, 1.165) is 0 Å². The van der Waals surface area contributed by atoms with Crippen LogP contribution in [0.2, 0.25) is 0 Å². The van der Waals surface area contributed by atoms with Crippen LogP contribution in [0, 0.1) is 0 Å². The van der Waals surface area contributed by atoms with Crippen molar-refractivity contribution in [1.82, 2.24) is 10.6 Å². The Morgan fingerprint density at radius 1 is 1.12 bits per heavy atom. The molecule has 3 rings (SSSR count). The highest BCUT2D eigenvalue weighted by atomic mass is 16.5. The molecule has 2 aromatic carbocycles. The fourth-order valence-electron chi connectivity index (χ4n) is 2.85. The number of carbonyl (C=O) groups is 2. The van der Waals surface area contributed by atoms with Crippen molar-refractivity contribution in [2.75, 3.05) is 14.2 Å². The zero-order valence-corrected chi connectivity index (χ0v) is 14.3. The summed E-state index contributed by atoms with van der Waals surface area (Å²) in [5.41, 5.74) is 1.88. The van der Waals surface area contributed by atoms with Gasteiger partial charge in [-0.1, -0.05) is 36.4 Å². The summed E-state index contributed by atoms with van der Waals surface area (Å²) in [5.74, 6) is -0.377. The van der Waals surface area contributed by atoms with Crippen LogP contribution in [-0.4, -0.2) is 31.3 Å². The van der Waals surface area contributed by atoms with Crippen molar-refractivity contribution in [3.63, 3.8) is 0 Å². The van der Waals surface area contributed by atoms with Gasteiger partial charge in [0.1, 0.15) is 0 Å². The van der Waals surface area contributed by atoms with Crippen LogP contribution in [0.4, 0.5) is 4.79 Å². The maximum atomic E-state index is 12.5. The van der Waals surface area contributed by atoms with Gasteiger partial charge < -0.3 is 25.2 Å². The van der Waals surface area contributed by atoms with Gasteiger partial charge in [-0.2, -0.15) is 0 Å². The standard InChI is InChI=1S/C19H18N2O5/c1-25-14-10-12(8-9-13(14)22)17-15(18(23)26-2)16(20-19(24)21-17)11-6-4-3-5-7-11/h3-10,17,22H,1-2H3,(H2,20,21,24). The zero-order chi connectivity index (χ0) is 18.7. The Labute approximate surface area is 150 Å². The van der Waals surface area contributed by atoms with E-state index >= 15 is 0 Å². The maximum absolute atomic E-state index is 12.5. The minimum atomic E-state index is -0.763. The molecule has 0 fully saturated rings. The third-order valence-corrected chi connectivity index (χ3v) is 4.08. The molecule has 7 heteroatoms. The molecule has 134 valence electrons. The molecule has 1 heterocycles. The predicted octanol–water partition coefficient (Wildman–Crippen LogP) is 2.34. The predicted molar refractivity (Wildman–Crippen MR) is 94.4 cm³/mol. The lowest BCUT2D eigenvalue weighted by molar-refractivity contribution is -0.136. The van der Waals surface area contributed by atoms with Gasteiger partial charge in [0.05, 0.1) is 31.5 Å². The fraction of sp³-hybridized carbons (Fsp3) is 0.158. The first kappa shape index (κ1) is 17.3. The molecule has 0 radical (unpaired) electrons. The molecule has 3 N–H and O–H groups in total. The van der Waals surface area contributed by atoms with E-state index in [2.05, 4.69) is 10.6 Å². The van der Waals surface area contributed by atoms with Crippen molar-refractivity contribution in [2.45, 2.75) is 6.04 Å². The number of ether oxygens (including phenoxy) is 2. The number of hydrogen-bond donors (Lipinski definition) is 3. The quantitative estimate of drug-likeness (QED) is 0.732. The molecule has 1 atom stereocenters.